The standard InChI is InChI=1S/C13H18F3NO2/c1-8(2)10-5-11(17)9(3)4-12(10)19-7-18-6-13(14,15)16/h4-5,8H,6-7,17H2,1-3H3. The minimum Gasteiger partial charge on any atom is -0.467 e. The predicted molar refractivity (Wildman–Crippen MR) is 67.2 cm³/mol. The number of hydrogen-bond donors (Lipinski definition) is 1. The lowest BCUT2D eigenvalue weighted by Gasteiger charge is -2.16. The maximum atomic E-state index is 11.9. The van der Waals surface area contributed by atoms with Gasteiger partial charge in [-0.3, -0.25) is 0 Å². The summed E-state index contributed by atoms with van der Waals surface area (Å²) in [7, 11) is 0. The largest absolute Gasteiger partial charge is 0.467 e. The van der Waals surface area contributed by atoms with Crippen LogP contribution in [0.5, 0.6) is 5.75 Å². The number of alkyl halides is 3. The van der Waals surface area contributed by atoms with Crippen LogP contribution in [-0.2, 0) is 4.74 Å². The van der Waals surface area contributed by atoms with E-state index in [4.69, 9.17) is 10.5 Å². The van der Waals surface area contributed by atoms with Crippen LogP contribution in [0, 0.1) is 6.92 Å². The maximum Gasteiger partial charge on any atom is 0.411 e. The van der Waals surface area contributed by atoms with Crippen molar-refractivity contribution in [2.24, 2.45) is 0 Å². The van der Waals surface area contributed by atoms with E-state index in [1.54, 1.807) is 12.1 Å². The molecule has 0 heterocycles. The van der Waals surface area contributed by atoms with E-state index in [1.807, 2.05) is 20.8 Å². The lowest BCUT2D eigenvalue weighted by molar-refractivity contribution is -0.186. The fourth-order valence-corrected chi connectivity index (χ4v) is 1.55. The summed E-state index contributed by atoms with van der Waals surface area (Å²) in [5.74, 6) is 0.657. The molecule has 0 saturated carbocycles. The van der Waals surface area contributed by atoms with Crippen LogP contribution in [-0.4, -0.2) is 19.6 Å². The molecule has 0 fully saturated rings. The van der Waals surface area contributed by atoms with Crippen LogP contribution >= 0.6 is 0 Å². The number of nitrogens with two attached hydrogens (primary N) is 1. The molecular formula is C13H18F3NO2. The number of anilines is 1. The van der Waals surface area contributed by atoms with Gasteiger partial charge < -0.3 is 15.2 Å². The first kappa shape index (κ1) is 15.6. The Morgan fingerprint density at radius 3 is 2.42 bits per heavy atom. The molecule has 0 spiro atoms. The van der Waals surface area contributed by atoms with Gasteiger partial charge in [0.05, 0.1) is 0 Å². The van der Waals surface area contributed by atoms with E-state index in [0.717, 1.165) is 11.1 Å². The van der Waals surface area contributed by atoms with E-state index in [-0.39, 0.29) is 5.92 Å². The van der Waals surface area contributed by atoms with E-state index >= 15 is 0 Å². The number of benzene rings is 1. The van der Waals surface area contributed by atoms with Crippen LogP contribution in [0.2, 0.25) is 0 Å². The molecule has 1 rings (SSSR count). The number of ether oxygens (including phenoxy) is 2. The van der Waals surface area contributed by atoms with Gasteiger partial charge in [0.2, 0.25) is 0 Å². The Balaban J connectivity index is 2.69. The van der Waals surface area contributed by atoms with Crippen LogP contribution in [0.4, 0.5) is 18.9 Å². The minimum atomic E-state index is -4.35. The normalized spacial score (nSPS) is 11.9. The molecule has 0 unspecified atom stereocenters. The van der Waals surface area contributed by atoms with E-state index in [2.05, 4.69) is 4.74 Å². The number of nitrogen functional groups attached to an aromatic ring is 1. The summed E-state index contributed by atoms with van der Waals surface area (Å²) in [4.78, 5) is 0. The molecule has 0 aromatic heterocycles. The molecule has 0 saturated heterocycles. The molecule has 0 bridgehead atoms. The van der Waals surface area contributed by atoms with Crippen molar-refractivity contribution in [1.29, 1.82) is 0 Å². The van der Waals surface area contributed by atoms with E-state index in [1.165, 1.54) is 0 Å². The Morgan fingerprint density at radius 2 is 1.89 bits per heavy atom. The van der Waals surface area contributed by atoms with Crippen LogP contribution in [0.15, 0.2) is 12.1 Å². The number of rotatable bonds is 5. The van der Waals surface area contributed by atoms with Gasteiger partial charge in [-0.1, -0.05) is 13.8 Å². The Labute approximate surface area is 110 Å². The summed E-state index contributed by atoms with van der Waals surface area (Å²) in [6.07, 6.45) is -4.35. The Kier molecular flexibility index (Phi) is 5.05. The minimum absolute atomic E-state index is 0.153. The molecule has 0 aliphatic carbocycles. The zero-order chi connectivity index (χ0) is 14.6. The van der Waals surface area contributed by atoms with Gasteiger partial charge >= 0.3 is 6.18 Å². The first-order chi connectivity index (χ1) is 8.70. The molecule has 0 radical (unpaired) electrons. The van der Waals surface area contributed by atoms with E-state index < -0.39 is 19.6 Å². The highest BCUT2D eigenvalue weighted by Crippen LogP contribution is 2.31. The molecule has 0 aliphatic heterocycles. The van der Waals surface area contributed by atoms with Gasteiger partial charge in [0.1, 0.15) is 12.4 Å². The lowest BCUT2D eigenvalue weighted by Crippen LogP contribution is -2.19. The molecule has 2 N–H and O–H groups in total. The van der Waals surface area contributed by atoms with Gasteiger partial charge in [-0.15, -0.1) is 0 Å². The zero-order valence-corrected chi connectivity index (χ0v) is 11.2. The molecule has 108 valence electrons. The van der Waals surface area contributed by atoms with Crippen LogP contribution in [0.3, 0.4) is 0 Å². The van der Waals surface area contributed by atoms with Crippen molar-refractivity contribution in [2.75, 3.05) is 19.1 Å². The SMILES string of the molecule is Cc1cc(OCOCC(F)(F)F)c(C(C)C)cc1N. The Morgan fingerprint density at radius 1 is 1.26 bits per heavy atom. The highest BCUT2D eigenvalue weighted by Gasteiger charge is 2.27. The smallest absolute Gasteiger partial charge is 0.411 e. The van der Waals surface area contributed by atoms with Crippen LogP contribution in [0.1, 0.15) is 30.9 Å². The molecular weight excluding hydrogens is 259 g/mol. The van der Waals surface area contributed by atoms with Crippen molar-refractivity contribution in [3.8, 4) is 5.75 Å². The fourth-order valence-electron chi connectivity index (χ4n) is 1.55. The fraction of sp³-hybridized carbons (Fsp3) is 0.538. The highest BCUT2D eigenvalue weighted by molar-refractivity contribution is 5.54. The van der Waals surface area contributed by atoms with E-state index in [9.17, 15) is 13.2 Å². The second-order valence-corrected chi connectivity index (χ2v) is 4.63. The number of halogens is 3. The monoisotopic (exact) mass is 277 g/mol. The molecule has 0 atom stereocenters. The average molecular weight is 277 g/mol. The Bertz CT molecular complexity index is 431. The average Bonchev–Trinajstić information content (AvgIpc) is 2.27. The molecule has 1 aromatic carbocycles. The second kappa shape index (κ2) is 6.14. The summed E-state index contributed by atoms with van der Waals surface area (Å²) in [6, 6.07) is 3.49. The van der Waals surface area contributed by atoms with Crippen molar-refractivity contribution in [3.63, 3.8) is 0 Å². The molecule has 19 heavy (non-hydrogen) atoms. The zero-order valence-electron chi connectivity index (χ0n) is 11.2. The predicted octanol–water partition coefficient (Wildman–Crippen LogP) is 3.62. The summed E-state index contributed by atoms with van der Waals surface area (Å²) < 4.78 is 45.4. The molecule has 1 aromatic rings. The topological polar surface area (TPSA) is 44.5 Å². The van der Waals surface area contributed by atoms with Crippen molar-refractivity contribution in [3.05, 3.63) is 23.3 Å². The van der Waals surface area contributed by atoms with Crippen molar-refractivity contribution in [1.82, 2.24) is 0 Å². The first-order valence-corrected chi connectivity index (χ1v) is 5.88. The van der Waals surface area contributed by atoms with Gasteiger partial charge in [0, 0.05) is 5.69 Å². The number of aryl methyl sites for hydroxylation is 1. The van der Waals surface area contributed by atoms with Gasteiger partial charge in [-0.2, -0.15) is 13.2 Å². The number of hydrogen-bond acceptors (Lipinski definition) is 3. The summed E-state index contributed by atoms with van der Waals surface area (Å²) in [5.41, 5.74) is 8.10. The third-order valence-electron chi connectivity index (χ3n) is 2.58. The van der Waals surface area contributed by atoms with Gasteiger partial charge in [-0.25, -0.2) is 0 Å². The molecule has 0 aliphatic rings. The highest BCUT2D eigenvalue weighted by atomic mass is 19.4. The van der Waals surface area contributed by atoms with Gasteiger partial charge in [-0.05, 0) is 36.1 Å². The molecule has 3 nitrogen and oxygen atoms in total. The summed E-state index contributed by atoms with van der Waals surface area (Å²) in [5, 5.41) is 0. The summed E-state index contributed by atoms with van der Waals surface area (Å²) in [6.45, 7) is 3.95. The lowest BCUT2D eigenvalue weighted by atomic mass is 9.99. The molecule has 0 amide bonds. The van der Waals surface area contributed by atoms with Crippen LogP contribution < -0.4 is 10.5 Å². The van der Waals surface area contributed by atoms with Crippen molar-refractivity contribution in [2.45, 2.75) is 32.9 Å². The third kappa shape index (κ3) is 4.98. The summed E-state index contributed by atoms with van der Waals surface area (Å²) >= 11 is 0. The quantitative estimate of drug-likeness (QED) is 0.508. The Hall–Kier alpha value is -1.43. The third-order valence-corrected chi connectivity index (χ3v) is 2.58. The van der Waals surface area contributed by atoms with Crippen molar-refractivity contribution >= 4 is 5.69 Å². The van der Waals surface area contributed by atoms with Gasteiger partial charge in [0.25, 0.3) is 0 Å². The van der Waals surface area contributed by atoms with Crippen LogP contribution in [0.25, 0.3) is 0 Å². The second-order valence-electron chi connectivity index (χ2n) is 4.63. The first-order valence-electron chi connectivity index (χ1n) is 5.88. The van der Waals surface area contributed by atoms with Crippen molar-refractivity contribution < 1.29 is 22.6 Å². The van der Waals surface area contributed by atoms with Gasteiger partial charge in [0.15, 0.2) is 6.79 Å². The maximum absolute atomic E-state index is 11.9. The van der Waals surface area contributed by atoms with E-state index in [0.29, 0.717) is 11.4 Å². The molecule has 6 heteroatoms.